The molecular weight excluding hydrogens is 374 g/mol. The fraction of sp³-hybridized carbons (Fsp3) is 0.500. The smallest absolute Gasteiger partial charge is 0.255 e. The first-order chi connectivity index (χ1) is 13.5. The maximum absolute atomic E-state index is 12.9. The summed E-state index contributed by atoms with van der Waals surface area (Å²) in [6, 6.07) is 2.19. The number of hydrogen-bond acceptors (Lipinski definition) is 6. The molecule has 28 heavy (non-hydrogen) atoms. The van der Waals surface area contributed by atoms with Crippen LogP contribution in [0.4, 0.5) is 0 Å². The van der Waals surface area contributed by atoms with Gasteiger partial charge in [0.1, 0.15) is 5.52 Å². The highest BCUT2D eigenvalue weighted by Gasteiger charge is 2.20. The predicted molar refractivity (Wildman–Crippen MR) is 109 cm³/mol. The summed E-state index contributed by atoms with van der Waals surface area (Å²) in [5.41, 5.74) is 3.04. The van der Waals surface area contributed by atoms with Gasteiger partial charge in [-0.2, -0.15) is 0 Å². The number of pyridine rings is 1. The molecule has 0 aromatic carbocycles. The molecular formula is C20H25N5O2S. The Morgan fingerprint density at radius 1 is 1.36 bits per heavy atom. The maximum Gasteiger partial charge on any atom is 0.255 e. The SMILES string of the molecule is CC(C)c1nc(CN(C)C(=O)c2cnc3c(c2)ncn3C2CCOCC2)cs1. The van der Waals surface area contributed by atoms with E-state index < -0.39 is 0 Å². The number of hydrogen-bond donors (Lipinski definition) is 0. The largest absolute Gasteiger partial charge is 0.381 e. The molecule has 0 unspecified atom stereocenters. The van der Waals surface area contributed by atoms with Gasteiger partial charge >= 0.3 is 0 Å². The van der Waals surface area contributed by atoms with E-state index >= 15 is 0 Å². The molecule has 4 rings (SSSR count). The minimum absolute atomic E-state index is 0.0749. The van der Waals surface area contributed by atoms with Crippen LogP contribution in [0.25, 0.3) is 11.2 Å². The fourth-order valence-corrected chi connectivity index (χ4v) is 4.29. The Bertz CT molecular complexity index is 974. The van der Waals surface area contributed by atoms with Gasteiger partial charge in [-0.15, -0.1) is 11.3 Å². The van der Waals surface area contributed by atoms with Gasteiger partial charge in [-0.05, 0) is 18.9 Å². The van der Waals surface area contributed by atoms with Crippen molar-refractivity contribution in [3.8, 4) is 0 Å². The van der Waals surface area contributed by atoms with E-state index in [2.05, 4.69) is 33.4 Å². The number of aromatic nitrogens is 4. The third-order valence-corrected chi connectivity index (χ3v) is 6.25. The molecule has 0 N–H and O–H groups in total. The minimum atomic E-state index is -0.0749. The van der Waals surface area contributed by atoms with Gasteiger partial charge in [0.2, 0.25) is 0 Å². The van der Waals surface area contributed by atoms with E-state index in [1.165, 1.54) is 0 Å². The van der Waals surface area contributed by atoms with Gasteiger partial charge in [0.05, 0.1) is 29.1 Å². The van der Waals surface area contributed by atoms with E-state index in [9.17, 15) is 4.79 Å². The number of ether oxygens (including phenoxy) is 1. The number of thiazole rings is 1. The monoisotopic (exact) mass is 399 g/mol. The van der Waals surface area contributed by atoms with E-state index in [4.69, 9.17) is 4.74 Å². The minimum Gasteiger partial charge on any atom is -0.381 e. The highest BCUT2D eigenvalue weighted by Crippen LogP contribution is 2.25. The highest BCUT2D eigenvalue weighted by atomic mass is 32.1. The van der Waals surface area contributed by atoms with Crippen molar-refractivity contribution in [2.75, 3.05) is 20.3 Å². The Hall–Kier alpha value is -2.32. The van der Waals surface area contributed by atoms with Crippen molar-refractivity contribution >= 4 is 28.4 Å². The fourth-order valence-electron chi connectivity index (χ4n) is 3.46. The van der Waals surface area contributed by atoms with Crippen molar-refractivity contribution < 1.29 is 9.53 Å². The molecule has 0 atom stereocenters. The van der Waals surface area contributed by atoms with Crippen molar-refractivity contribution in [2.45, 2.75) is 45.2 Å². The quantitative estimate of drug-likeness (QED) is 0.655. The molecule has 1 saturated heterocycles. The standard InChI is InChI=1S/C20H25N5O2S/c1-13(2)19-23-15(11-28-19)10-24(3)20(26)14-8-17-18(21-9-14)25(12-22-17)16-4-6-27-7-5-16/h8-9,11-13,16H,4-7,10H2,1-3H3. The Labute approximate surface area is 168 Å². The molecule has 4 heterocycles. The number of amides is 1. The van der Waals surface area contributed by atoms with Gasteiger partial charge in [-0.3, -0.25) is 4.79 Å². The number of nitrogens with zero attached hydrogens (tertiary/aromatic N) is 5. The molecule has 8 heteroatoms. The zero-order valence-electron chi connectivity index (χ0n) is 16.5. The lowest BCUT2D eigenvalue weighted by Crippen LogP contribution is -2.26. The normalized spacial score (nSPS) is 15.4. The molecule has 0 radical (unpaired) electrons. The summed E-state index contributed by atoms with van der Waals surface area (Å²) >= 11 is 1.64. The van der Waals surface area contributed by atoms with Gasteiger partial charge in [-0.25, -0.2) is 15.0 Å². The first kappa shape index (κ1) is 19.0. The summed E-state index contributed by atoms with van der Waals surface area (Å²) < 4.78 is 7.55. The second-order valence-corrected chi connectivity index (χ2v) is 8.44. The molecule has 148 valence electrons. The Morgan fingerprint density at radius 2 is 2.14 bits per heavy atom. The highest BCUT2D eigenvalue weighted by molar-refractivity contribution is 7.09. The lowest BCUT2D eigenvalue weighted by molar-refractivity contribution is 0.0704. The average molecular weight is 400 g/mol. The number of imidazole rings is 1. The summed E-state index contributed by atoms with van der Waals surface area (Å²) in [6.07, 6.45) is 5.40. The van der Waals surface area contributed by atoms with Gasteiger partial charge in [0.25, 0.3) is 5.91 Å². The number of fused-ring (bicyclic) bond motifs is 1. The third-order valence-electron chi connectivity index (χ3n) is 5.05. The van der Waals surface area contributed by atoms with Crippen LogP contribution in [0.15, 0.2) is 24.0 Å². The number of carbonyl (C=O) groups excluding carboxylic acids is 1. The Morgan fingerprint density at radius 3 is 2.86 bits per heavy atom. The molecule has 1 aliphatic heterocycles. The summed E-state index contributed by atoms with van der Waals surface area (Å²) in [6.45, 7) is 6.26. The van der Waals surface area contributed by atoms with Crippen molar-refractivity contribution in [3.05, 3.63) is 40.2 Å². The first-order valence-corrected chi connectivity index (χ1v) is 10.5. The van der Waals surface area contributed by atoms with Crippen LogP contribution in [0.3, 0.4) is 0 Å². The van der Waals surface area contributed by atoms with Crippen LogP contribution in [-0.2, 0) is 11.3 Å². The van der Waals surface area contributed by atoms with Crippen LogP contribution in [-0.4, -0.2) is 50.6 Å². The zero-order valence-corrected chi connectivity index (χ0v) is 17.3. The molecule has 7 nitrogen and oxygen atoms in total. The molecule has 1 fully saturated rings. The topological polar surface area (TPSA) is 73.1 Å². The van der Waals surface area contributed by atoms with E-state index in [0.717, 1.165) is 47.9 Å². The van der Waals surface area contributed by atoms with Crippen molar-refractivity contribution in [1.82, 2.24) is 24.4 Å². The van der Waals surface area contributed by atoms with Gasteiger partial charge < -0.3 is 14.2 Å². The molecule has 0 saturated carbocycles. The second-order valence-electron chi connectivity index (χ2n) is 7.56. The summed E-state index contributed by atoms with van der Waals surface area (Å²) in [5.74, 6) is 0.325. The molecule has 0 bridgehead atoms. The van der Waals surface area contributed by atoms with Gasteiger partial charge in [0, 0.05) is 43.8 Å². The van der Waals surface area contributed by atoms with Crippen LogP contribution in [0, 0.1) is 0 Å². The van der Waals surface area contributed by atoms with Crippen LogP contribution >= 0.6 is 11.3 Å². The lowest BCUT2D eigenvalue weighted by atomic mass is 10.1. The molecule has 0 aliphatic carbocycles. The zero-order chi connectivity index (χ0) is 19.7. The van der Waals surface area contributed by atoms with Crippen molar-refractivity contribution in [2.24, 2.45) is 0 Å². The maximum atomic E-state index is 12.9. The van der Waals surface area contributed by atoms with Crippen LogP contribution in [0.2, 0.25) is 0 Å². The second kappa shape index (κ2) is 7.97. The average Bonchev–Trinajstić information content (AvgIpc) is 3.34. The van der Waals surface area contributed by atoms with Crippen LogP contribution in [0.1, 0.15) is 59.7 Å². The molecule has 3 aromatic heterocycles. The number of carbonyl (C=O) groups is 1. The molecule has 1 amide bonds. The van der Waals surface area contributed by atoms with Gasteiger partial charge in [0.15, 0.2) is 5.65 Å². The third kappa shape index (κ3) is 3.79. The summed E-state index contributed by atoms with van der Waals surface area (Å²) in [7, 11) is 1.79. The Kier molecular flexibility index (Phi) is 5.41. The van der Waals surface area contributed by atoms with Gasteiger partial charge in [-0.1, -0.05) is 13.8 Å². The Balaban J connectivity index is 1.50. The van der Waals surface area contributed by atoms with E-state index in [1.54, 1.807) is 29.5 Å². The first-order valence-electron chi connectivity index (χ1n) is 9.63. The van der Waals surface area contributed by atoms with Crippen molar-refractivity contribution in [1.29, 1.82) is 0 Å². The predicted octanol–water partition coefficient (Wildman–Crippen LogP) is 3.63. The van der Waals surface area contributed by atoms with Crippen molar-refractivity contribution in [3.63, 3.8) is 0 Å². The lowest BCUT2D eigenvalue weighted by Gasteiger charge is -2.23. The summed E-state index contributed by atoms with van der Waals surface area (Å²) in [5, 5.41) is 3.12. The molecule has 3 aromatic rings. The van der Waals surface area contributed by atoms with E-state index in [1.807, 2.05) is 17.8 Å². The summed E-state index contributed by atoms with van der Waals surface area (Å²) in [4.78, 5) is 28.2. The van der Waals surface area contributed by atoms with Crippen LogP contribution in [0.5, 0.6) is 0 Å². The number of rotatable bonds is 5. The van der Waals surface area contributed by atoms with Crippen LogP contribution < -0.4 is 0 Å². The molecule has 1 aliphatic rings. The molecule has 0 spiro atoms. The van der Waals surface area contributed by atoms with E-state index in [-0.39, 0.29) is 5.91 Å². The van der Waals surface area contributed by atoms with E-state index in [0.29, 0.717) is 24.1 Å².